The fourth-order valence-electron chi connectivity index (χ4n) is 0.892. The van der Waals surface area contributed by atoms with E-state index in [1.165, 1.54) is 29.2 Å². The topological polar surface area (TPSA) is 0 Å². The Labute approximate surface area is 90.9 Å². The Morgan fingerprint density at radius 1 is 1.33 bits per heavy atom. The molecule has 0 fully saturated rings. The van der Waals surface area contributed by atoms with Crippen LogP contribution in [-0.4, -0.2) is 11.1 Å². The van der Waals surface area contributed by atoms with E-state index < -0.39 is 0 Å². The fraction of sp³-hybridized carbons (Fsp3) is 0.556. The van der Waals surface area contributed by atoms with Gasteiger partial charge in [0.15, 0.2) is 0 Å². The molecule has 0 aliphatic heterocycles. The molecule has 0 aliphatic carbocycles. The van der Waals surface area contributed by atoms with Crippen LogP contribution in [0.1, 0.15) is 19.3 Å². The summed E-state index contributed by atoms with van der Waals surface area (Å²) >= 11 is 7.26. The molecule has 0 saturated carbocycles. The van der Waals surface area contributed by atoms with Crippen LogP contribution in [0.4, 0.5) is 0 Å². The first-order chi connectivity index (χ1) is 5.93. The fourth-order valence-corrected chi connectivity index (χ4v) is 3.15. The van der Waals surface area contributed by atoms with Crippen molar-refractivity contribution in [1.82, 2.24) is 0 Å². The van der Waals surface area contributed by atoms with Crippen LogP contribution < -0.4 is 0 Å². The Hall–Kier alpha value is 0.530. The summed E-state index contributed by atoms with van der Waals surface area (Å²) in [4.78, 5) is 0. The normalized spacial score (nSPS) is 10.4. The summed E-state index contributed by atoms with van der Waals surface area (Å²) in [6.07, 6.45) is 4.00. The van der Waals surface area contributed by atoms with Gasteiger partial charge in [-0.15, -0.1) is 23.1 Å². The van der Waals surface area contributed by atoms with Crippen molar-refractivity contribution < 1.29 is 0 Å². The van der Waals surface area contributed by atoms with Crippen LogP contribution in [0.15, 0.2) is 21.7 Å². The molecule has 0 radical (unpaired) electrons. The Bertz CT molecular complexity index is 184. The molecule has 1 aromatic rings. The van der Waals surface area contributed by atoms with Gasteiger partial charge in [-0.2, -0.15) is 0 Å². The first-order valence-electron chi connectivity index (χ1n) is 4.16. The third-order valence-electron chi connectivity index (χ3n) is 1.52. The van der Waals surface area contributed by atoms with E-state index in [-0.39, 0.29) is 0 Å². The molecule has 0 N–H and O–H groups in total. The van der Waals surface area contributed by atoms with Crippen LogP contribution in [-0.2, 0) is 0 Å². The third-order valence-corrected chi connectivity index (χ3v) is 4.30. The Kier molecular flexibility index (Phi) is 6.17. The zero-order chi connectivity index (χ0) is 8.65. The lowest BCUT2D eigenvalue weighted by Gasteiger charge is -1.96. The quantitative estimate of drug-likeness (QED) is 0.417. The van der Waals surface area contributed by atoms with Crippen LogP contribution in [0.5, 0.6) is 0 Å². The lowest BCUT2D eigenvalue weighted by molar-refractivity contribution is 0.789. The van der Waals surface area contributed by atoms with Gasteiger partial charge < -0.3 is 0 Å². The SMILES string of the molecule is BrCCCCCSc1cccs1. The second kappa shape index (κ2) is 6.98. The maximum atomic E-state index is 3.44. The van der Waals surface area contributed by atoms with Crippen molar-refractivity contribution in [3.05, 3.63) is 17.5 Å². The van der Waals surface area contributed by atoms with Gasteiger partial charge in [0.1, 0.15) is 0 Å². The molecule has 0 amide bonds. The van der Waals surface area contributed by atoms with E-state index in [0.717, 1.165) is 5.33 Å². The molecule has 0 saturated heterocycles. The molecule has 1 aromatic heterocycles. The van der Waals surface area contributed by atoms with Gasteiger partial charge in [-0.25, -0.2) is 0 Å². The summed E-state index contributed by atoms with van der Waals surface area (Å²) in [5.41, 5.74) is 0. The zero-order valence-electron chi connectivity index (χ0n) is 6.96. The van der Waals surface area contributed by atoms with Crippen molar-refractivity contribution >= 4 is 39.0 Å². The maximum absolute atomic E-state index is 3.44. The summed E-state index contributed by atoms with van der Waals surface area (Å²) in [5, 5.41) is 3.29. The standard InChI is InChI=1S/C9H13BrS2/c10-6-2-1-3-7-11-9-5-4-8-12-9/h4-5,8H,1-3,6-7H2. The van der Waals surface area contributed by atoms with E-state index in [9.17, 15) is 0 Å². The van der Waals surface area contributed by atoms with Crippen molar-refractivity contribution in [1.29, 1.82) is 0 Å². The number of alkyl halides is 1. The van der Waals surface area contributed by atoms with Crippen molar-refractivity contribution in [2.24, 2.45) is 0 Å². The summed E-state index contributed by atoms with van der Waals surface area (Å²) < 4.78 is 1.45. The van der Waals surface area contributed by atoms with Gasteiger partial charge in [0, 0.05) is 5.33 Å². The summed E-state index contributed by atoms with van der Waals surface area (Å²) in [5.74, 6) is 1.27. The first-order valence-corrected chi connectivity index (χ1v) is 7.14. The first kappa shape index (κ1) is 10.6. The van der Waals surface area contributed by atoms with E-state index in [1.807, 2.05) is 23.1 Å². The summed E-state index contributed by atoms with van der Waals surface area (Å²) in [6, 6.07) is 4.31. The van der Waals surface area contributed by atoms with Crippen molar-refractivity contribution in [2.45, 2.75) is 23.5 Å². The summed E-state index contributed by atoms with van der Waals surface area (Å²) in [7, 11) is 0. The zero-order valence-corrected chi connectivity index (χ0v) is 10.2. The molecule has 68 valence electrons. The number of hydrogen-bond donors (Lipinski definition) is 0. The number of thioether (sulfide) groups is 1. The minimum absolute atomic E-state index is 1.15. The lowest BCUT2D eigenvalue weighted by atomic mass is 10.3. The Balaban J connectivity index is 1.96. The highest BCUT2D eigenvalue weighted by molar-refractivity contribution is 9.09. The van der Waals surface area contributed by atoms with Gasteiger partial charge in [0.05, 0.1) is 4.21 Å². The van der Waals surface area contributed by atoms with Crippen LogP contribution in [0.25, 0.3) is 0 Å². The maximum Gasteiger partial charge on any atom is 0.0598 e. The number of hydrogen-bond acceptors (Lipinski definition) is 2. The minimum Gasteiger partial charge on any atom is -0.137 e. The smallest absolute Gasteiger partial charge is 0.0598 e. The van der Waals surface area contributed by atoms with Gasteiger partial charge in [0.2, 0.25) is 0 Å². The number of halogens is 1. The number of rotatable bonds is 6. The van der Waals surface area contributed by atoms with Crippen LogP contribution in [0.2, 0.25) is 0 Å². The van der Waals surface area contributed by atoms with Crippen LogP contribution in [0, 0.1) is 0 Å². The molecular weight excluding hydrogens is 252 g/mol. The molecule has 0 unspecified atom stereocenters. The van der Waals surface area contributed by atoms with E-state index in [4.69, 9.17) is 0 Å². The van der Waals surface area contributed by atoms with E-state index in [1.54, 1.807) is 0 Å². The highest BCUT2D eigenvalue weighted by Gasteiger charge is 1.93. The summed E-state index contributed by atoms with van der Waals surface area (Å²) in [6.45, 7) is 0. The average Bonchev–Trinajstić information content (AvgIpc) is 2.57. The molecule has 0 aromatic carbocycles. The minimum atomic E-state index is 1.15. The van der Waals surface area contributed by atoms with Gasteiger partial charge >= 0.3 is 0 Å². The van der Waals surface area contributed by atoms with E-state index in [0.29, 0.717) is 0 Å². The highest BCUT2D eigenvalue weighted by Crippen LogP contribution is 2.24. The monoisotopic (exact) mass is 264 g/mol. The molecule has 0 spiro atoms. The second-order valence-corrected chi connectivity index (χ2v) is 5.67. The van der Waals surface area contributed by atoms with Crippen molar-refractivity contribution in [3.8, 4) is 0 Å². The van der Waals surface area contributed by atoms with E-state index in [2.05, 4.69) is 33.4 Å². The Morgan fingerprint density at radius 2 is 2.25 bits per heavy atom. The molecule has 0 nitrogen and oxygen atoms in total. The molecule has 0 aliphatic rings. The highest BCUT2D eigenvalue weighted by atomic mass is 79.9. The van der Waals surface area contributed by atoms with Gasteiger partial charge in [0.25, 0.3) is 0 Å². The predicted molar refractivity (Wildman–Crippen MR) is 62.7 cm³/mol. The van der Waals surface area contributed by atoms with Gasteiger partial charge in [-0.1, -0.05) is 28.4 Å². The lowest BCUT2D eigenvalue weighted by Crippen LogP contribution is -1.80. The second-order valence-electron chi connectivity index (χ2n) is 2.53. The molecule has 3 heteroatoms. The van der Waals surface area contributed by atoms with Gasteiger partial charge in [-0.3, -0.25) is 0 Å². The van der Waals surface area contributed by atoms with E-state index >= 15 is 0 Å². The third kappa shape index (κ3) is 4.53. The molecular formula is C9H13BrS2. The number of thiophene rings is 1. The molecule has 0 atom stereocenters. The van der Waals surface area contributed by atoms with Crippen LogP contribution in [0.3, 0.4) is 0 Å². The van der Waals surface area contributed by atoms with Gasteiger partial charge in [-0.05, 0) is 30.0 Å². The van der Waals surface area contributed by atoms with Crippen molar-refractivity contribution in [3.63, 3.8) is 0 Å². The molecule has 0 bridgehead atoms. The molecule has 12 heavy (non-hydrogen) atoms. The van der Waals surface area contributed by atoms with Crippen molar-refractivity contribution in [2.75, 3.05) is 11.1 Å². The Morgan fingerprint density at radius 3 is 2.92 bits per heavy atom. The number of unbranched alkanes of at least 4 members (excludes halogenated alkanes) is 2. The largest absolute Gasteiger partial charge is 0.137 e. The molecule has 1 heterocycles. The molecule has 1 rings (SSSR count). The average molecular weight is 265 g/mol. The predicted octanol–water partition coefficient (Wildman–Crippen LogP) is 4.41. The van der Waals surface area contributed by atoms with Crippen LogP contribution >= 0.6 is 39.0 Å².